The Hall–Kier alpha value is -0.870. The lowest BCUT2D eigenvalue weighted by molar-refractivity contribution is -0.702. The van der Waals surface area contributed by atoms with E-state index in [4.69, 9.17) is 9.47 Å². The molecule has 0 saturated heterocycles. The standard InChI is InChI=1S/C26H51N2O2/c1-7-13-14-15-16-17-23(22-25(29-11-5)30-12-6)18-19-24(8-2)26-27(9-3)20-21-28(26)10-4/h20-21,23-25H,7-19,22H2,1-6H3/q+1. The molecule has 0 N–H and O–H groups in total. The topological polar surface area (TPSA) is 27.3 Å². The zero-order valence-electron chi connectivity index (χ0n) is 21.0. The third-order valence-electron chi connectivity index (χ3n) is 6.42. The average Bonchev–Trinajstić information content (AvgIpc) is 3.17. The first-order valence-electron chi connectivity index (χ1n) is 13.0. The number of hydrogen-bond acceptors (Lipinski definition) is 2. The van der Waals surface area contributed by atoms with E-state index in [1.807, 2.05) is 0 Å². The van der Waals surface area contributed by atoms with Gasteiger partial charge < -0.3 is 9.47 Å². The van der Waals surface area contributed by atoms with Gasteiger partial charge in [-0.1, -0.05) is 52.4 Å². The molecule has 0 aliphatic carbocycles. The number of ether oxygens (including phenoxy) is 2. The van der Waals surface area contributed by atoms with Gasteiger partial charge in [0, 0.05) is 19.6 Å². The van der Waals surface area contributed by atoms with Crippen LogP contribution >= 0.6 is 0 Å². The van der Waals surface area contributed by atoms with E-state index in [1.165, 1.54) is 63.6 Å². The van der Waals surface area contributed by atoms with Gasteiger partial charge in [-0.15, -0.1) is 0 Å². The maximum atomic E-state index is 5.91. The second kappa shape index (κ2) is 16.8. The second-order valence-electron chi connectivity index (χ2n) is 8.56. The summed E-state index contributed by atoms with van der Waals surface area (Å²) in [5, 5.41) is 0. The molecule has 0 bridgehead atoms. The lowest BCUT2D eigenvalue weighted by atomic mass is 9.87. The van der Waals surface area contributed by atoms with Gasteiger partial charge in [0.2, 0.25) is 0 Å². The predicted octanol–water partition coefficient (Wildman–Crippen LogP) is 6.86. The van der Waals surface area contributed by atoms with E-state index in [2.05, 4.69) is 63.1 Å². The van der Waals surface area contributed by atoms with E-state index in [-0.39, 0.29) is 6.29 Å². The second-order valence-corrected chi connectivity index (χ2v) is 8.56. The van der Waals surface area contributed by atoms with E-state index in [1.54, 1.807) is 0 Å². The van der Waals surface area contributed by atoms with Crippen LogP contribution < -0.4 is 4.57 Å². The fourth-order valence-corrected chi connectivity index (χ4v) is 4.68. The van der Waals surface area contributed by atoms with Crippen molar-refractivity contribution in [3.8, 4) is 0 Å². The molecule has 0 radical (unpaired) electrons. The molecule has 0 amide bonds. The zero-order valence-corrected chi connectivity index (χ0v) is 21.0. The molecule has 2 unspecified atom stereocenters. The Morgan fingerprint density at radius 2 is 1.57 bits per heavy atom. The van der Waals surface area contributed by atoms with Gasteiger partial charge in [0.1, 0.15) is 12.4 Å². The Labute approximate surface area is 187 Å². The molecule has 4 nitrogen and oxygen atoms in total. The molecule has 176 valence electrons. The van der Waals surface area contributed by atoms with Crippen LogP contribution in [0, 0.1) is 5.92 Å². The number of aryl methyl sites for hydroxylation is 2. The van der Waals surface area contributed by atoms with Gasteiger partial charge in [0.25, 0.3) is 5.82 Å². The summed E-state index contributed by atoms with van der Waals surface area (Å²) in [5.41, 5.74) is 0. The molecule has 4 heteroatoms. The first-order valence-corrected chi connectivity index (χ1v) is 13.0. The number of imidazole rings is 1. The number of nitrogens with zero attached hydrogens (tertiary/aromatic N) is 2. The summed E-state index contributed by atoms with van der Waals surface area (Å²) in [7, 11) is 0. The van der Waals surface area contributed by atoms with Crippen LogP contribution in [0.5, 0.6) is 0 Å². The lowest BCUT2D eigenvalue weighted by Gasteiger charge is -2.25. The van der Waals surface area contributed by atoms with Crippen molar-refractivity contribution in [2.45, 2.75) is 131 Å². The third-order valence-corrected chi connectivity index (χ3v) is 6.42. The molecule has 0 aliphatic rings. The fourth-order valence-electron chi connectivity index (χ4n) is 4.68. The van der Waals surface area contributed by atoms with Crippen molar-refractivity contribution in [1.29, 1.82) is 0 Å². The molecule has 1 aromatic rings. The first kappa shape index (κ1) is 27.2. The van der Waals surface area contributed by atoms with E-state index in [0.717, 1.165) is 32.7 Å². The summed E-state index contributed by atoms with van der Waals surface area (Å²) >= 11 is 0. The average molecular weight is 424 g/mol. The summed E-state index contributed by atoms with van der Waals surface area (Å²) in [5.74, 6) is 2.82. The minimum absolute atomic E-state index is 0.0409. The van der Waals surface area contributed by atoms with Crippen molar-refractivity contribution in [3.05, 3.63) is 18.2 Å². The van der Waals surface area contributed by atoms with Gasteiger partial charge in [0.05, 0.1) is 19.0 Å². The molecule has 1 rings (SSSR count). The normalized spacial score (nSPS) is 13.8. The summed E-state index contributed by atoms with van der Waals surface area (Å²) < 4.78 is 16.7. The molecule has 0 aliphatic heterocycles. The SMILES string of the molecule is CCCCCCCC(CCC(CC)c1n(CC)cc[n+]1CC)CC(OCC)OCC. The van der Waals surface area contributed by atoms with Crippen LogP contribution in [-0.2, 0) is 22.6 Å². The molecule has 2 atom stereocenters. The van der Waals surface area contributed by atoms with Crippen molar-refractivity contribution in [2.24, 2.45) is 5.92 Å². The summed E-state index contributed by atoms with van der Waals surface area (Å²) in [6, 6.07) is 0. The van der Waals surface area contributed by atoms with Crippen LogP contribution in [0.15, 0.2) is 12.4 Å². The van der Waals surface area contributed by atoms with Gasteiger partial charge in [-0.05, 0) is 52.9 Å². The molecule has 0 fully saturated rings. The minimum Gasteiger partial charge on any atom is -0.353 e. The molecule has 30 heavy (non-hydrogen) atoms. The Bertz CT molecular complexity index is 502. The number of rotatable bonds is 19. The van der Waals surface area contributed by atoms with Crippen LogP contribution in [0.4, 0.5) is 0 Å². The Kier molecular flexibility index (Phi) is 15.2. The van der Waals surface area contributed by atoms with E-state index >= 15 is 0 Å². The van der Waals surface area contributed by atoms with Crippen LogP contribution in [0.3, 0.4) is 0 Å². The maximum Gasteiger partial charge on any atom is 0.259 e. The molecule has 0 aromatic carbocycles. The monoisotopic (exact) mass is 423 g/mol. The number of aromatic nitrogens is 2. The van der Waals surface area contributed by atoms with Crippen LogP contribution in [0.2, 0.25) is 0 Å². The highest BCUT2D eigenvalue weighted by Crippen LogP contribution is 2.30. The van der Waals surface area contributed by atoms with Crippen molar-refractivity contribution < 1.29 is 14.0 Å². The highest BCUT2D eigenvalue weighted by Gasteiger charge is 2.26. The number of hydrogen-bond donors (Lipinski definition) is 0. The van der Waals surface area contributed by atoms with Gasteiger partial charge in [-0.3, -0.25) is 0 Å². The molecule has 1 aromatic heterocycles. The summed E-state index contributed by atoms with van der Waals surface area (Å²) in [6.07, 6.45) is 17.3. The smallest absolute Gasteiger partial charge is 0.259 e. The van der Waals surface area contributed by atoms with E-state index in [0.29, 0.717) is 11.8 Å². The number of unbranched alkanes of at least 4 members (excludes halogenated alkanes) is 4. The summed E-state index contributed by atoms with van der Waals surface area (Å²) in [6.45, 7) is 16.8. The van der Waals surface area contributed by atoms with Crippen molar-refractivity contribution in [1.82, 2.24) is 4.57 Å². The van der Waals surface area contributed by atoms with Crippen molar-refractivity contribution in [2.75, 3.05) is 13.2 Å². The van der Waals surface area contributed by atoms with Gasteiger partial charge in [0.15, 0.2) is 6.29 Å². The quantitative estimate of drug-likeness (QED) is 0.138. The Balaban J connectivity index is 2.78. The third kappa shape index (κ3) is 9.51. The Morgan fingerprint density at radius 1 is 0.867 bits per heavy atom. The van der Waals surface area contributed by atoms with Crippen LogP contribution in [0.1, 0.15) is 117 Å². The highest BCUT2D eigenvalue weighted by atomic mass is 16.7. The first-order chi connectivity index (χ1) is 14.6. The minimum atomic E-state index is -0.0409. The zero-order chi connectivity index (χ0) is 22.2. The molecule has 0 saturated carbocycles. The predicted molar refractivity (Wildman–Crippen MR) is 127 cm³/mol. The molecular formula is C26H51N2O2+. The van der Waals surface area contributed by atoms with Crippen molar-refractivity contribution >= 4 is 0 Å². The lowest BCUT2D eigenvalue weighted by Crippen LogP contribution is -2.37. The van der Waals surface area contributed by atoms with Gasteiger partial charge in [-0.25, -0.2) is 9.13 Å². The maximum absolute atomic E-state index is 5.91. The van der Waals surface area contributed by atoms with Gasteiger partial charge in [-0.2, -0.15) is 0 Å². The molecule has 0 spiro atoms. The molecular weight excluding hydrogens is 372 g/mol. The van der Waals surface area contributed by atoms with E-state index < -0.39 is 0 Å². The van der Waals surface area contributed by atoms with Crippen LogP contribution in [-0.4, -0.2) is 24.1 Å². The van der Waals surface area contributed by atoms with Crippen molar-refractivity contribution in [3.63, 3.8) is 0 Å². The fraction of sp³-hybridized carbons (Fsp3) is 0.885. The summed E-state index contributed by atoms with van der Waals surface area (Å²) in [4.78, 5) is 0. The van der Waals surface area contributed by atoms with E-state index in [9.17, 15) is 0 Å². The van der Waals surface area contributed by atoms with Crippen LogP contribution in [0.25, 0.3) is 0 Å². The highest BCUT2D eigenvalue weighted by molar-refractivity contribution is 4.93. The van der Waals surface area contributed by atoms with Gasteiger partial charge >= 0.3 is 0 Å². The Morgan fingerprint density at radius 3 is 2.13 bits per heavy atom. The largest absolute Gasteiger partial charge is 0.353 e. The molecule has 1 heterocycles.